The lowest BCUT2D eigenvalue weighted by Crippen LogP contribution is -2.44. The van der Waals surface area contributed by atoms with E-state index in [2.05, 4.69) is 6.92 Å². The zero-order chi connectivity index (χ0) is 13.9. The van der Waals surface area contributed by atoms with Crippen molar-refractivity contribution < 1.29 is 14.6 Å². The largest absolute Gasteiger partial charge is 0.493 e. The number of aliphatic hydroxyl groups is 1. The molecular formula is C16H24O3. The number of rotatable bonds is 4. The summed E-state index contributed by atoms with van der Waals surface area (Å²) in [5, 5.41) is 11.0. The summed E-state index contributed by atoms with van der Waals surface area (Å²) in [5.41, 5.74) is -0.267. The third-order valence-electron chi connectivity index (χ3n) is 3.58. The van der Waals surface area contributed by atoms with E-state index < -0.39 is 5.60 Å². The molecule has 0 aliphatic carbocycles. The molecule has 106 valence electrons. The molecule has 1 fully saturated rings. The maximum atomic E-state index is 11.0. The van der Waals surface area contributed by atoms with E-state index in [0.29, 0.717) is 26.1 Å². The van der Waals surface area contributed by atoms with Crippen molar-refractivity contribution in [2.24, 2.45) is 0 Å². The minimum atomic E-state index is -0.855. The molecular weight excluding hydrogens is 240 g/mol. The van der Waals surface area contributed by atoms with Gasteiger partial charge in [-0.2, -0.15) is 0 Å². The van der Waals surface area contributed by atoms with Crippen LogP contribution in [0.1, 0.15) is 45.6 Å². The van der Waals surface area contributed by atoms with Gasteiger partial charge in [0.25, 0.3) is 0 Å². The summed E-state index contributed by atoms with van der Waals surface area (Å²) in [5.74, 6) is 0.796. The number of hydrogen-bond acceptors (Lipinski definition) is 3. The van der Waals surface area contributed by atoms with Gasteiger partial charge in [-0.3, -0.25) is 0 Å². The molecule has 1 aliphatic rings. The molecule has 0 amide bonds. The lowest BCUT2D eigenvalue weighted by molar-refractivity contribution is -0.148. The predicted octanol–water partition coefficient (Wildman–Crippen LogP) is 3.25. The van der Waals surface area contributed by atoms with Gasteiger partial charge in [0.15, 0.2) is 0 Å². The van der Waals surface area contributed by atoms with E-state index in [9.17, 15) is 5.11 Å². The molecule has 19 heavy (non-hydrogen) atoms. The molecule has 0 bridgehead atoms. The van der Waals surface area contributed by atoms with Crippen LogP contribution in [0.2, 0.25) is 0 Å². The number of hydrogen-bond donors (Lipinski definition) is 1. The second-order valence-corrected chi connectivity index (χ2v) is 5.91. The van der Waals surface area contributed by atoms with Crippen molar-refractivity contribution in [2.75, 3.05) is 13.2 Å². The second kappa shape index (κ2) is 5.51. The number of benzene rings is 1. The Morgan fingerprint density at radius 1 is 1.32 bits per heavy atom. The standard InChI is InChI=1S/C16H24O3/c1-4-10-18-14-8-6-5-7-13(14)16(17)9-11-19-15(2,3)12-16/h5-8,17H,4,9-12H2,1-3H3. The molecule has 1 aromatic carbocycles. The zero-order valence-electron chi connectivity index (χ0n) is 12.1. The van der Waals surface area contributed by atoms with Crippen LogP contribution in [0.5, 0.6) is 5.75 Å². The molecule has 1 aliphatic heterocycles. The van der Waals surface area contributed by atoms with Crippen molar-refractivity contribution in [2.45, 2.75) is 51.2 Å². The quantitative estimate of drug-likeness (QED) is 0.907. The summed E-state index contributed by atoms with van der Waals surface area (Å²) < 4.78 is 11.5. The van der Waals surface area contributed by atoms with Crippen LogP contribution >= 0.6 is 0 Å². The molecule has 1 unspecified atom stereocenters. The van der Waals surface area contributed by atoms with E-state index >= 15 is 0 Å². The van der Waals surface area contributed by atoms with Crippen LogP contribution in [0, 0.1) is 0 Å². The Bertz CT molecular complexity index is 428. The molecule has 0 spiro atoms. The van der Waals surface area contributed by atoms with Crippen LogP contribution in [0.15, 0.2) is 24.3 Å². The van der Waals surface area contributed by atoms with Crippen LogP contribution in [-0.2, 0) is 10.3 Å². The highest BCUT2D eigenvalue weighted by molar-refractivity contribution is 5.38. The molecule has 1 atom stereocenters. The van der Waals surface area contributed by atoms with Gasteiger partial charge in [0.1, 0.15) is 5.75 Å². The molecule has 0 radical (unpaired) electrons. The molecule has 1 N–H and O–H groups in total. The molecule has 1 aromatic rings. The summed E-state index contributed by atoms with van der Waals surface area (Å²) in [6, 6.07) is 7.80. The average molecular weight is 264 g/mol. The molecule has 2 rings (SSSR count). The predicted molar refractivity (Wildman–Crippen MR) is 75.4 cm³/mol. The fourth-order valence-electron chi connectivity index (χ4n) is 2.76. The third-order valence-corrected chi connectivity index (χ3v) is 3.58. The van der Waals surface area contributed by atoms with Gasteiger partial charge < -0.3 is 14.6 Å². The number of ether oxygens (including phenoxy) is 2. The minimum Gasteiger partial charge on any atom is -0.493 e. The smallest absolute Gasteiger partial charge is 0.125 e. The highest BCUT2D eigenvalue weighted by atomic mass is 16.5. The van der Waals surface area contributed by atoms with Crippen LogP contribution in [-0.4, -0.2) is 23.9 Å². The van der Waals surface area contributed by atoms with Crippen LogP contribution in [0.25, 0.3) is 0 Å². The van der Waals surface area contributed by atoms with Crippen molar-refractivity contribution in [3.05, 3.63) is 29.8 Å². The minimum absolute atomic E-state index is 0.301. The monoisotopic (exact) mass is 264 g/mol. The van der Waals surface area contributed by atoms with Crippen LogP contribution < -0.4 is 4.74 Å². The van der Waals surface area contributed by atoms with Crippen LogP contribution in [0.3, 0.4) is 0 Å². The summed E-state index contributed by atoms with van der Waals surface area (Å²) in [4.78, 5) is 0. The van der Waals surface area contributed by atoms with E-state index in [1.807, 2.05) is 38.1 Å². The van der Waals surface area contributed by atoms with Gasteiger partial charge >= 0.3 is 0 Å². The molecule has 3 nitrogen and oxygen atoms in total. The highest BCUT2D eigenvalue weighted by Crippen LogP contribution is 2.42. The normalized spacial score (nSPS) is 26.1. The van der Waals surface area contributed by atoms with Gasteiger partial charge in [0.2, 0.25) is 0 Å². The first-order valence-corrected chi connectivity index (χ1v) is 7.05. The van der Waals surface area contributed by atoms with E-state index in [1.165, 1.54) is 0 Å². The van der Waals surface area contributed by atoms with Gasteiger partial charge in [-0.05, 0) is 26.3 Å². The summed E-state index contributed by atoms with van der Waals surface area (Å²) in [6.45, 7) is 7.37. The molecule has 3 heteroatoms. The Balaban J connectivity index is 2.29. The Kier molecular flexibility index (Phi) is 4.16. The van der Waals surface area contributed by atoms with Gasteiger partial charge in [0, 0.05) is 18.4 Å². The molecule has 1 heterocycles. The maximum absolute atomic E-state index is 11.0. The second-order valence-electron chi connectivity index (χ2n) is 5.91. The van der Waals surface area contributed by atoms with E-state index in [4.69, 9.17) is 9.47 Å². The Morgan fingerprint density at radius 2 is 2.05 bits per heavy atom. The first kappa shape index (κ1) is 14.4. The summed E-state index contributed by atoms with van der Waals surface area (Å²) >= 11 is 0. The van der Waals surface area contributed by atoms with Crippen molar-refractivity contribution in [1.82, 2.24) is 0 Å². The van der Waals surface area contributed by atoms with Crippen molar-refractivity contribution in [1.29, 1.82) is 0 Å². The lowest BCUT2D eigenvalue weighted by atomic mass is 9.79. The van der Waals surface area contributed by atoms with E-state index in [0.717, 1.165) is 17.7 Å². The Labute approximate surface area is 115 Å². The van der Waals surface area contributed by atoms with Gasteiger partial charge in [-0.25, -0.2) is 0 Å². The summed E-state index contributed by atoms with van der Waals surface area (Å²) in [7, 11) is 0. The van der Waals surface area contributed by atoms with E-state index in [1.54, 1.807) is 0 Å². The fourth-order valence-corrected chi connectivity index (χ4v) is 2.76. The highest BCUT2D eigenvalue weighted by Gasteiger charge is 2.42. The van der Waals surface area contributed by atoms with Gasteiger partial charge in [0.05, 0.1) is 24.4 Å². The van der Waals surface area contributed by atoms with Gasteiger partial charge in [-0.1, -0.05) is 25.1 Å². The third kappa shape index (κ3) is 3.28. The SMILES string of the molecule is CCCOc1ccccc1C1(O)CCOC(C)(C)C1. The van der Waals surface area contributed by atoms with Gasteiger partial charge in [-0.15, -0.1) is 0 Å². The maximum Gasteiger partial charge on any atom is 0.125 e. The Morgan fingerprint density at radius 3 is 2.74 bits per heavy atom. The van der Waals surface area contributed by atoms with E-state index in [-0.39, 0.29) is 5.60 Å². The number of para-hydroxylation sites is 1. The average Bonchev–Trinajstić information content (AvgIpc) is 2.35. The summed E-state index contributed by atoms with van der Waals surface area (Å²) in [6.07, 6.45) is 2.16. The van der Waals surface area contributed by atoms with Crippen molar-refractivity contribution in [3.8, 4) is 5.75 Å². The van der Waals surface area contributed by atoms with Crippen LogP contribution in [0.4, 0.5) is 0 Å². The van der Waals surface area contributed by atoms with Crippen molar-refractivity contribution in [3.63, 3.8) is 0 Å². The molecule has 0 saturated carbocycles. The lowest BCUT2D eigenvalue weighted by Gasteiger charge is -2.42. The molecule has 1 saturated heterocycles. The molecule has 0 aromatic heterocycles. The Hall–Kier alpha value is -1.06. The topological polar surface area (TPSA) is 38.7 Å². The zero-order valence-corrected chi connectivity index (χ0v) is 12.1. The first-order chi connectivity index (χ1) is 8.97. The van der Waals surface area contributed by atoms with Crippen molar-refractivity contribution >= 4 is 0 Å². The fraction of sp³-hybridized carbons (Fsp3) is 0.625. The first-order valence-electron chi connectivity index (χ1n) is 7.05.